The minimum Gasteiger partial charge on any atom is -0.343 e. The third-order valence-corrected chi connectivity index (χ3v) is 15.4. The quantitative estimate of drug-likeness (QED) is 0.0407. The van der Waals surface area contributed by atoms with Crippen LogP contribution in [0.2, 0.25) is 0 Å². The molecule has 0 saturated carbocycles. The Labute approximate surface area is 536 Å². The van der Waals surface area contributed by atoms with Crippen molar-refractivity contribution < 1.29 is 77.6 Å². The molecule has 0 aromatic heterocycles. The molecule has 3 aromatic rings. The average molecular weight is 1290 g/mol. The molecule has 5 rings (SSSR count). The van der Waals surface area contributed by atoms with E-state index in [1.165, 1.54) is 54.8 Å². The molecule has 2 heterocycles. The van der Waals surface area contributed by atoms with Gasteiger partial charge in [-0.25, -0.2) is 20.5 Å². The first kappa shape index (κ1) is 75.6. The molecule has 3 aromatic carbocycles. The van der Waals surface area contributed by atoms with Crippen LogP contribution in [0.4, 0.5) is 0 Å². The summed E-state index contributed by atoms with van der Waals surface area (Å²) in [4.78, 5) is 171. The molecule has 28 heteroatoms. The number of nitrogens with zero attached hydrogens (tertiary/aromatic N) is 4. The number of rotatable bonds is 26. The normalized spacial score (nSPS) is 17.0. The lowest BCUT2D eigenvalue weighted by Crippen LogP contribution is -2.59. The van der Waals surface area contributed by atoms with Crippen LogP contribution in [0, 0.1) is 23.7 Å². The summed E-state index contributed by atoms with van der Waals surface area (Å²) < 4.78 is 0. The molecule has 12 N–H and O–H groups in total. The van der Waals surface area contributed by atoms with Crippen LogP contribution < -0.4 is 43.7 Å². The van der Waals surface area contributed by atoms with Gasteiger partial charge in [-0.2, -0.15) is 10.1 Å². The highest BCUT2D eigenvalue weighted by Crippen LogP contribution is 2.23. The molecule has 2 saturated heterocycles. The van der Waals surface area contributed by atoms with Crippen LogP contribution in [0.5, 0.6) is 0 Å². The zero-order valence-electron chi connectivity index (χ0n) is 54.2. The van der Waals surface area contributed by atoms with Crippen molar-refractivity contribution in [3.05, 3.63) is 108 Å². The zero-order chi connectivity index (χ0) is 68.7. The molecule has 10 amide bonds. The number of carbonyl (C=O) groups is 12. The molecule has 2 fully saturated rings. The van der Waals surface area contributed by atoms with Crippen molar-refractivity contribution in [2.24, 2.45) is 35.1 Å². The summed E-state index contributed by atoms with van der Waals surface area (Å²) in [5.74, 6) is -9.32. The molecular formula is C64H92N12O16. The third kappa shape index (κ3) is 21.7. The third-order valence-electron chi connectivity index (χ3n) is 15.4. The second kappa shape index (κ2) is 36.3. The van der Waals surface area contributed by atoms with Gasteiger partial charge in [0.2, 0.25) is 35.4 Å². The number of hydrogen-bond donors (Lipinski definition) is 10. The van der Waals surface area contributed by atoms with Crippen LogP contribution in [0.1, 0.15) is 141 Å². The highest BCUT2D eigenvalue weighted by Gasteiger charge is 2.43. The van der Waals surface area contributed by atoms with E-state index in [9.17, 15) is 57.5 Å². The topological polar surface area (TPSA) is 401 Å². The van der Waals surface area contributed by atoms with E-state index >= 15 is 0 Å². The minimum atomic E-state index is -1.42. The van der Waals surface area contributed by atoms with E-state index in [1.807, 2.05) is 27.7 Å². The van der Waals surface area contributed by atoms with Gasteiger partial charge in [0.1, 0.15) is 42.3 Å². The van der Waals surface area contributed by atoms with Gasteiger partial charge in [0.05, 0.1) is 23.2 Å². The predicted octanol–water partition coefficient (Wildman–Crippen LogP) is 2.20. The Morgan fingerprint density at radius 1 is 0.500 bits per heavy atom. The van der Waals surface area contributed by atoms with Gasteiger partial charge < -0.3 is 52.2 Å². The fourth-order valence-electron chi connectivity index (χ4n) is 10.1. The summed E-state index contributed by atoms with van der Waals surface area (Å²) in [5, 5.41) is 30.0. The fourth-order valence-corrected chi connectivity index (χ4v) is 10.1. The van der Waals surface area contributed by atoms with Gasteiger partial charge >= 0.3 is 11.9 Å². The molecule has 92 heavy (non-hydrogen) atoms. The van der Waals surface area contributed by atoms with Crippen LogP contribution in [-0.4, -0.2) is 175 Å². The summed E-state index contributed by atoms with van der Waals surface area (Å²) in [6.07, 6.45) is 2.15. The molecule has 0 radical (unpaired) electrons. The van der Waals surface area contributed by atoms with Gasteiger partial charge in [-0.1, -0.05) is 122 Å². The number of nitrogens with one attached hydrogen (secondary N) is 6. The van der Waals surface area contributed by atoms with Crippen molar-refractivity contribution >= 4 is 71.0 Å². The SMILES string of the molecule is CC(C)C[C@H](NC(=O)[C@@H]1CCCN1C(=O)[C@H](C)NC(=O)[C@H](C)N(OC(=O)c1ccccc1)C(=O)[C@@H](N)C(C)C)C(=O)NO.CC(C)C[C@H](NC(=O)[C@@H]1CCCN1C(=O)[C@H](C)NC(=O)[C@H](Cc1ccccc1)N(OC(=O)c1ccccc1)C(=O)[C@@H](N)C(C)C)C(=O)NO. The minimum absolute atomic E-state index is 0.0245. The summed E-state index contributed by atoms with van der Waals surface area (Å²) in [5.41, 5.74) is 16.3. The van der Waals surface area contributed by atoms with E-state index < -0.39 is 131 Å². The lowest BCUT2D eigenvalue weighted by Gasteiger charge is -2.33. The van der Waals surface area contributed by atoms with E-state index in [2.05, 4.69) is 21.3 Å². The van der Waals surface area contributed by atoms with Gasteiger partial charge in [-0.05, 0) is 113 Å². The van der Waals surface area contributed by atoms with E-state index in [4.69, 9.17) is 31.6 Å². The summed E-state index contributed by atoms with van der Waals surface area (Å²) in [7, 11) is 0. The van der Waals surface area contributed by atoms with E-state index in [0.717, 1.165) is 0 Å². The standard InChI is InChI=1S/C35H48N6O8.C29H44N6O8/c1-21(2)19-26(30(42)39-48)38-31(43)27-17-12-18-40(27)33(45)23(5)37-32(44)28(20-24-13-8-6-9-14-24)41(34(46)29(36)22(3)4)49-35(47)25-15-10-7-11-16-25;1-16(2)15-21(25(37)33-42)32-26(38)22-13-10-14-34(22)27(39)18(5)31-24(36)19(6)35(28(40)23(30)17(3)4)43-29(41)20-11-8-7-9-12-20/h6-11,13-16,21-23,26-29,48H,12,17-20,36H2,1-5H3,(H,37,44)(H,38,43)(H,39,42);7-9,11-12,16-19,21-23,42H,10,13-15,30H2,1-6H3,(H,31,36)(H,32,38)(H,33,37)/t23-,26-,27-,28-,29-;18-,19-,21-,22-,23-/m00/s1. The van der Waals surface area contributed by atoms with Crippen LogP contribution in [-0.2, 0) is 64.0 Å². The van der Waals surface area contributed by atoms with Crippen molar-refractivity contribution in [3.63, 3.8) is 0 Å². The second-order valence-electron chi connectivity index (χ2n) is 24.4. The van der Waals surface area contributed by atoms with E-state index in [0.29, 0.717) is 41.4 Å². The van der Waals surface area contributed by atoms with Crippen molar-refractivity contribution in [1.29, 1.82) is 0 Å². The Balaban J connectivity index is 0.000000396. The number of hydroxylamine groups is 6. The van der Waals surface area contributed by atoms with Crippen LogP contribution in [0.25, 0.3) is 0 Å². The predicted molar refractivity (Wildman–Crippen MR) is 334 cm³/mol. The number of carbonyl (C=O) groups excluding carboxylic acids is 12. The Morgan fingerprint density at radius 3 is 1.23 bits per heavy atom. The van der Waals surface area contributed by atoms with Crippen molar-refractivity contribution in [1.82, 2.24) is 52.2 Å². The first-order valence-corrected chi connectivity index (χ1v) is 30.9. The van der Waals surface area contributed by atoms with E-state index in [-0.39, 0.29) is 67.2 Å². The van der Waals surface area contributed by atoms with Crippen molar-refractivity contribution in [2.75, 3.05) is 13.1 Å². The molecule has 504 valence electrons. The maximum atomic E-state index is 14.1. The molecule has 0 bridgehead atoms. The lowest BCUT2D eigenvalue weighted by atomic mass is 10.0. The van der Waals surface area contributed by atoms with Gasteiger partial charge in [0, 0.05) is 19.5 Å². The number of nitrogens with two attached hydrogens (primary N) is 2. The van der Waals surface area contributed by atoms with E-state index in [1.54, 1.807) is 105 Å². The van der Waals surface area contributed by atoms with Crippen molar-refractivity contribution in [3.8, 4) is 0 Å². The molecule has 10 atom stereocenters. The largest absolute Gasteiger partial charge is 0.363 e. The Bertz CT molecular complexity index is 3010. The number of hydrogen-bond acceptors (Lipinski definition) is 18. The first-order chi connectivity index (χ1) is 43.4. The summed E-state index contributed by atoms with van der Waals surface area (Å²) >= 11 is 0. The second-order valence-corrected chi connectivity index (χ2v) is 24.4. The van der Waals surface area contributed by atoms with Crippen LogP contribution in [0.15, 0.2) is 91.0 Å². The average Bonchev–Trinajstić information content (AvgIpc) is 1.15. The lowest BCUT2D eigenvalue weighted by molar-refractivity contribution is -0.184. The Hall–Kier alpha value is -8.86. The zero-order valence-corrected chi connectivity index (χ0v) is 54.2. The monoisotopic (exact) mass is 1280 g/mol. The smallest absolute Gasteiger partial charge is 0.343 e. The van der Waals surface area contributed by atoms with Crippen molar-refractivity contribution in [2.45, 2.75) is 182 Å². The fraction of sp³-hybridized carbons (Fsp3) is 0.531. The Kier molecular flexibility index (Phi) is 29.8. The maximum Gasteiger partial charge on any atom is 0.363 e. The maximum absolute atomic E-state index is 14.1. The van der Waals surface area contributed by atoms with Gasteiger partial charge in [-0.3, -0.25) is 58.4 Å². The first-order valence-electron chi connectivity index (χ1n) is 30.9. The molecular weight excluding hydrogens is 1190 g/mol. The highest BCUT2D eigenvalue weighted by atomic mass is 16.7. The van der Waals surface area contributed by atoms with Gasteiger partial charge in [-0.15, -0.1) is 0 Å². The Morgan fingerprint density at radius 2 is 0.859 bits per heavy atom. The number of likely N-dealkylation sites (tertiary alicyclic amines) is 2. The summed E-state index contributed by atoms with van der Waals surface area (Å²) in [6.45, 7) is 19.0. The molecule has 28 nitrogen and oxygen atoms in total. The molecule has 0 aliphatic carbocycles. The molecule has 2 aliphatic heterocycles. The molecule has 0 unspecified atom stereocenters. The highest BCUT2D eigenvalue weighted by molar-refractivity contribution is 5.99. The molecule has 2 aliphatic rings. The van der Waals surface area contributed by atoms with Gasteiger partial charge in [0.25, 0.3) is 23.6 Å². The number of amides is 10. The van der Waals surface area contributed by atoms with Gasteiger partial charge in [0.15, 0.2) is 6.04 Å². The molecule has 0 spiro atoms. The van der Waals surface area contributed by atoms with Crippen LogP contribution in [0.3, 0.4) is 0 Å². The summed E-state index contributed by atoms with van der Waals surface area (Å²) in [6, 6.07) is 13.6. The number of benzene rings is 3. The van der Waals surface area contributed by atoms with Crippen LogP contribution >= 0.6 is 0 Å².